The van der Waals surface area contributed by atoms with Gasteiger partial charge in [0, 0.05) is 19.8 Å². The first-order chi connectivity index (χ1) is 9.79. The number of halogens is 1. The molecule has 10 heteroatoms. The molecule has 0 radical (unpaired) electrons. The summed E-state index contributed by atoms with van der Waals surface area (Å²) in [5, 5.41) is 12.9. The van der Waals surface area contributed by atoms with Gasteiger partial charge in [0.1, 0.15) is 9.77 Å². The van der Waals surface area contributed by atoms with E-state index in [2.05, 4.69) is 25.8 Å². The van der Waals surface area contributed by atoms with E-state index < -0.39 is 16.0 Å². The number of aromatic carboxylic acids is 1. The van der Waals surface area contributed by atoms with E-state index in [9.17, 15) is 13.2 Å². The molecule has 114 valence electrons. The number of nitrogens with one attached hydrogen (secondary N) is 1. The molecule has 0 fully saturated rings. The maximum Gasteiger partial charge on any atom is 0.345 e. The van der Waals surface area contributed by atoms with E-state index in [1.54, 1.807) is 24.1 Å². The first-order valence-electron chi connectivity index (χ1n) is 5.79. The third-order valence-electron chi connectivity index (χ3n) is 2.62. The first kappa shape index (κ1) is 16.1. The maximum absolute atomic E-state index is 12.1. The molecule has 0 saturated heterocycles. The second-order valence-corrected chi connectivity index (χ2v) is 8.33. The van der Waals surface area contributed by atoms with Gasteiger partial charge in [-0.2, -0.15) is 5.10 Å². The predicted octanol–water partition coefficient (Wildman–Crippen LogP) is 1.46. The van der Waals surface area contributed by atoms with Crippen molar-refractivity contribution in [1.82, 2.24) is 14.5 Å². The van der Waals surface area contributed by atoms with Gasteiger partial charge in [0.2, 0.25) is 10.0 Å². The van der Waals surface area contributed by atoms with Crippen molar-refractivity contribution < 1.29 is 18.3 Å². The number of aryl methyl sites for hydroxylation is 1. The average Bonchev–Trinajstić information content (AvgIpc) is 2.96. The van der Waals surface area contributed by atoms with Crippen LogP contribution in [0.15, 0.2) is 27.1 Å². The lowest BCUT2D eigenvalue weighted by Gasteiger charge is -2.04. The third-order valence-corrected chi connectivity index (χ3v) is 6.32. The number of rotatable bonds is 6. The van der Waals surface area contributed by atoms with E-state index in [1.807, 2.05) is 0 Å². The Balaban J connectivity index is 2.06. The van der Waals surface area contributed by atoms with Crippen LogP contribution in [0.3, 0.4) is 0 Å². The molecule has 2 aromatic rings. The number of carboxylic acid groups (broad SMARTS) is 1. The second kappa shape index (κ2) is 6.26. The van der Waals surface area contributed by atoms with E-state index >= 15 is 0 Å². The van der Waals surface area contributed by atoms with Crippen molar-refractivity contribution in [3.8, 4) is 0 Å². The first-order valence-corrected chi connectivity index (χ1v) is 8.88. The van der Waals surface area contributed by atoms with Crippen molar-refractivity contribution in [1.29, 1.82) is 0 Å². The van der Waals surface area contributed by atoms with Crippen LogP contribution >= 0.6 is 27.3 Å². The summed E-state index contributed by atoms with van der Waals surface area (Å²) in [6.45, 7) is 0.207. The van der Waals surface area contributed by atoms with Crippen LogP contribution in [0.4, 0.5) is 0 Å². The van der Waals surface area contributed by atoms with Gasteiger partial charge in [0.05, 0.1) is 9.98 Å². The average molecular weight is 394 g/mol. The lowest BCUT2D eigenvalue weighted by atomic mass is 10.3. The van der Waals surface area contributed by atoms with Crippen LogP contribution in [-0.2, 0) is 23.5 Å². The molecule has 2 rings (SSSR count). The molecule has 2 aromatic heterocycles. The highest BCUT2D eigenvalue weighted by Gasteiger charge is 2.22. The highest BCUT2D eigenvalue weighted by atomic mass is 79.9. The minimum atomic E-state index is -3.74. The van der Waals surface area contributed by atoms with E-state index in [1.165, 1.54) is 0 Å². The molecule has 2 N–H and O–H groups in total. The molecule has 7 nitrogen and oxygen atoms in total. The molecule has 0 amide bonds. The number of nitrogens with zero attached hydrogens (tertiary/aromatic N) is 2. The van der Waals surface area contributed by atoms with E-state index in [4.69, 9.17) is 5.11 Å². The number of hydrogen-bond acceptors (Lipinski definition) is 5. The number of carbonyl (C=O) groups is 1. The third kappa shape index (κ3) is 3.90. The zero-order valence-electron chi connectivity index (χ0n) is 10.9. The Labute approximate surface area is 133 Å². The number of thiophene rings is 1. The Bertz CT molecular complexity index is 766. The van der Waals surface area contributed by atoms with Crippen molar-refractivity contribution in [2.45, 2.75) is 11.3 Å². The monoisotopic (exact) mass is 393 g/mol. The van der Waals surface area contributed by atoms with Gasteiger partial charge in [0.15, 0.2) is 0 Å². The minimum absolute atomic E-state index is 0.0329. The normalized spacial score (nSPS) is 11.7. The molecule has 0 unspecified atom stereocenters. The molecule has 0 atom stereocenters. The van der Waals surface area contributed by atoms with Gasteiger partial charge in [-0.25, -0.2) is 17.9 Å². The molecule has 0 spiro atoms. The lowest BCUT2D eigenvalue weighted by Crippen LogP contribution is -2.25. The molecule has 0 aliphatic carbocycles. The summed E-state index contributed by atoms with van der Waals surface area (Å²) >= 11 is 3.95. The molecular weight excluding hydrogens is 382 g/mol. The van der Waals surface area contributed by atoms with E-state index in [0.717, 1.165) is 23.0 Å². The molecule has 0 aliphatic rings. The topological polar surface area (TPSA) is 101 Å². The van der Waals surface area contributed by atoms with Crippen LogP contribution in [0, 0.1) is 0 Å². The van der Waals surface area contributed by atoms with Crippen LogP contribution in [0.1, 0.15) is 15.2 Å². The largest absolute Gasteiger partial charge is 0.477 e. The van der Waals surface area contributed by atoms with Gasteiger partial charge in [-0.05, 0) is 34.0 Å². The summed E-state index contributed by atoms with van der Waals surface area (Å²) in [7, 11) is -1.96. The number of sulfonamides is 1. The van der Waals surface area contributed by atoms with Gasteiger partial charge in [0.25, 0.3) is 0 Å². The highest BCUT2D eigenvalue weighted by Crippen LogP contribution is 2.31. The van der Waals surface area contributed by atoms with Gasteiger partial charge in [-0.1, -0.05) is 0 Å². The predicted molar refractivity (Wildman–Crippen MR) is 81.1 cm³/mol. The number of hydrogen-bond donors (Lipinski definition) is 2. The number of carboxylic acids is 1. The van der Waals surface area contributed by atoms with Crippen molar-refractivity contribution in [2.24, 2.45) is 7.05 Å². The summed E-state index contributed by atoms with van der Waals surface area (Å²) < 4.78 is 28.6. The Kier molecular flexibility index (Phi) is 4.81. The quantitative estimate of drug-likeness (QED) is 0.773. The zero-order valence-corrected chi connectivity index (χ0v) is 14.1. The second-order valence-electron chi connectivity index (χ2n) is 4.22. The molecular formula is C11H12BrN3O4S2. The Hall–Kier alpha value is -1.23. The molecule has 0 saturated carbocycles. The zero-order chi connectivity index (χ0) is 15.6. The van der Waals surface area contributed by atoms with Crippen molar-refractivity contribution in [3.63, 3.8) is 0 Å². The fraction of sp³-hybridized carbons (Fsp3) is 0.273. The summed E-state index contributed by atoms with van der Waals surface area (Å²) in [4.78, 5) is 10.8. The van der Waals surface area contributed by atoms with Gasteiger partial charge < -0.3 is 5.11 Å². The lowest BCUT2D eigenvalue weighted by molar-refractivity contribution is 0.0702. The summed E-state index contributed by atoms with van der Waals surface area (Å²) in [6, 6.07) is 1.14. The molecule has 0 bridgehead atoms. The molecule has 0 aliphatic heterocycles. The van der Waals surface area contributed by atoms with Gasteiger partial charge in [-0.15, -0.1) is 11.3 Å². The van der Waals surface area contributed by atoms with Crippen molar-refractivity contribution in [3.05, 3.63) is 32.7 Å². The van der Waals surface area contributed by atoms with E-state index in [0.29, 0.717) is 6.42 Å². The molecule has 21 heavy (non-hydrogen) atoms. The Morgan fingerprint density at radius 2 is 2.29 bits per heavy atom. The fourth-order valence-electron chi connectivity index (χ4n) is 1.65. The SMILES string of the molecule is Cn1cc(CCNS(=O)(=O)c2cc(C(=O)O)sc2Br)cn1. The maximum atomic E-state index is 12.1. The van der Waals surface area contributed by atoms with Crippen LogP contribution in [0.5, 0.6) is 0 Å². The summed E-state index contributed by atoms with van der Waals surface area (Å²) in [5.41, 5.74) is 0.913. The van der Waals surface area contributed by atoms with Crippen LogP contribution in [0.2, 0.25) is 0 Å². The van der Waals surface area contributed by atoms with Crippen LogP contribution in [-0.4, -0.2) is 35.8 Å². The fourth-order valence-corrected chi connectivity index (χ4v) is 5.08. The van der Waals surface area contributed by atoms with Crippen molar-refractivity contribution >= 4 is 43.3 Å². The van der Waals surface area contributed by atoms with E-state index in [-0.39, 0.29) is 20.1 Å². The van der Waals surface area contributed by atoms with Crippen LogP contribution < -0.4 is 4.72 Å². The highest BCUT2D eigenvalue weighted by molar-refractivity contribution is 9.11. The van der Waals surface area contributed by atoms with Gasteiger partial charge >= 0.3 is 5.97 Å². The molecule has 2 heterocycles. The van der Waals surface area contributed by atoms with Crippen molar-refractivity contribution in [2.75, 3.05) is 6.54 Å². The summed E-state index contributed by atoms with van der Waals surface area (Å²) in [6.07, 6.45) is 3.97. The van der Waals surface area contributed by atoms with Crippen LogP contribution in [0.25, 0.3) is 0 Å². The Morgan fingerprint density at radius 1 is 1.57 bits per heavy atom. The molecule has 0 aromatic carbocycles. The standard InChI is InChI=1S/C11H12BrN3O4S2/c1-15-6-7(5-13-15)2-3-14-21(18,19)9-4-8(11(16)17)20-10(9)12/h4-6,14H,2-3H2,1H3,(H,16,17). The smallest absolute Gasteiger partial charge is 0.345 e. The minimum Gasteiger partial charge on any atom is -0.477 e. The Morgan fingerprint density at radius 3 is 2.81 bits per heavy atom. The van der Waals surface area contributed by atoms with Gasteiger partial charge in [-0.3, -0.25) is 4.68 Å². The number of aromatic nitrogens is 2. The summed E-state index contributed by atoms with van der Waals surface area (Å²) in [5.74, 6) is -1.16.